The summed E-state index contributed by atoms with van der Waals surface area (Å²) in [6.45, 7) is 7.72. The minimum atomic E-state index is -0.0616. The summed E-state index contributed by atoms with van der Waals surface area (Å²) >= 11 is 0. The van der Waals surface area contributed by atoms with Gasteiger partial charge in [0.05, 0.1) is 6.42 Å². The van der Waals surface area contributed by atoms with Crippen molar-refractivity contribution < 1.29 is 14.4 Å². The van der Waals surface area contributed by atoms with Crippen LogP contribution in [0.1, 0.15) is 45.1 Å². The third-order valence-electron chi connectivity index (χ3n) is 7.41. The highest BCUT2D eigenvalue weighted by Gasteiger charge is 2.29. The van der Waals surface area contributed by atoms with Gasteiger partial charge in [-0.15, -0.1) is 0 Å². The molecule has 184 valence electrons. The highest BCUT2D eigenvalue weighted by atomic mass is 16.2. The van der Waals surface area contributed by atoms with Crippen molar-refractivity contribution in [3.63, 3.8) is 0 Å². The first-order chi connectivity index (χ1) is 16.5. The Labute approximate surface area is 201 Å². The fourth-order valence-electron chi connectivity index (χ4n) is 5.12. The quantitative estimate of drug-likeness (QED) is 0.685. The molecule has 0 bridgehead atoms. The van der Waals surface area contributed by atoms with Gasteiger partial charge >= 0.3 is 6.03 Å². The average molecular weight is 468 g/mol. The van der Waals surface area contributed by atoms with Gasteiger partial charge in [-0.25, -0.2) is 4.79 Å². The van der Waals surface area contributed by atoms with E-state index in [1.807, 2.05) is 40.3 Å². The van der Waals surface area contributed by atoms with Crippen LogP contribution in [0.5, 0.6) is 0 Å². The number of benzene rings is 1. The van der Waals surface area contributed by atoms with Crippen LogP contribution in [0.25, 0.3) is 10.9 Å². The number of carbonyl (C=O) groups is 3. The predicted molar refractivity (Wildman–Crippen MR) is 132 cm³/mol. The van der Waals surface area contributed by atoms with Crippen LogP contribution in [0, 0.1) is 5.92 Å². The van der Waals surface area contributed by atoms with Gasteiger partial charge in [0.1, 0.15) is 0 Å². The maximum Gasteiger partial charge on any atom is 0.317 e. The first-order valence-corrected chi connectivity index (χ1v) is 12.7. The van der Waals surface area contributed by atoms with Crippen LogP contribution in [0.2, 0.25) is 0 Å². The van der Waals surface area contributed by atoms with Crippen molar-refractivity contribution in [1.29, 1.82) is 0 Å². The molecule has 0 radical (unpaired) electrons. The molecule has 2 saturated heterocycles. The number of piperazine rings is 1. The molecule has 2 aromatic rings. The minimum Gasteiger partial charge on any atom is -0.361 e. The number of aromatic nitrogens is 1. The van der Waals surface area contributed by atoms with E-state index in [1.54, 1.807) is 4.90 Å². The maximum absolute atomic E-state index is 12.8. The van der Waals surface area contributed by atoms with Crippen LogP contribution >= 0.6 is 0 Å². The number of hydrogen-bond acceptors (Lipinski definition) is 3. The number of nitrogens with zero attached hydrogens (tertiary/aromatic N) is 3. The Morgan fingerprint density at radius 3 is 2.26 bits per heavy atom. The lowest BCUT2D eigenvalue weighted by Gasteiger charge is -2.37. The molecule has 0 unspecified atom stereocenters. The molecule has 4 rings (SSSR count). The first-order valence-electron chi connectivity index (χ1n) is 12.7. The molecule has 1 aromatic heterocycles. The molecule has 0 spiro atoms. The van der Waals surface area contributed by atoms with E-state index in [0.29, 0.717) is 45.7 Å². The summed E-state index contributed by atoms with van der Waals surface area (Å²) in [5, 5.41) is 4.23. The molecule has 0 aliphatic carbocycles. The van der Waals surface area contributed by atoms with Crippen molar-refractivity contribution >= 4 is 28.7 Å². The number of urea groups is 1. The Morgan fingerprint density at radius 1 is 0.941 bits per heavy atom. The molecule has 4 amide bonds. The van der Waals surface area contributed by atoms with E-state index >= 15 is 0 Å². The molecule has 2 fully saturated rings. The molecule has 2 N–H and O–H groups in total. The number of aromatic amines is 1. The van der Waals surface area contributed by atoms with Crippen molar-refractivity contribution in [1.82, 2.24) is 25.0 Å². The summed E-state index contributed by atoms with van der Waals surface area (Å²) in [5.74, 6) is 0.462. The number of rotatable bonds is 6. The van der Waals surface area contributed by atoms with Crippen LogP contribution in [0.3, 0.4) is 0 Å². The standard InChI is InChI=1S/C26H37N5O3/c1-3-19(4-2)25(33)30-11-9-21(10-12-30)28-26(34)31-15-13-29(14-16-31)24(32)17-20-18-27-23-8-6-5-7-22(20)23/h5-8,18-19,21,27H,3-4,9-17H2,1-2H3,(H,28,34). The third-order valence-corrected chi connectivity index (χ3v) is 7.41. The Hall–Kier alpha value is -3.03. The van der Waals surface area contributed by atoms with Gasteiger partial charge < -0.3 is 25.0 Å². The van der Waals surface area contributed by atoms with E-state index in [9.17, 15) is 14.4 Å². The summed E-state index contributed by atoms with van der Waals surface area (Å²) in [7, 11) is 0. The van der Waals surface area contributed by atoms with E-state index in [-0.39, 0.29) is 29.8 Å². The van der Waals surface area contributed by atoms with Crippen molar-refractivity contribution in [3.8, 4) is 0 Å². The summed E-state index contributed by atoms with van der Waals surface area (Å²) in [6, 6.07) is 8.04. The average Bonchev–Trinajstić information content (AvgIpc) is 3.28. The fraction of sp³-hybridized carbons (Fsp3) is 0.577. The van der Waals surface area contributed by atoms with Gasteiger partial charge in [0.25, 0.3) is 0 Å². The number of likely N-dealkylation sites (tertiary alicyclic amines) is 1. The lowest BCUT2D eigenvalue weighted by Crippen LogP contribution is -2.56. The van der Waals surface area contributed by atoms with Crippen LogP contribution in [-0.4, -0.2) is 82.8 Å². The molecule has 3 heterocycles. The van der Waals surface area contributed by atoms with Crippen molar-refractivity contribution in [2.75, 3.05) is 39.3 Å². The monoisotopic (exact) mass is 467 g/mol. The van der Waals surface area contributed by atoms with Gasteiger partial charge in [-0.3, -0.25) is 9.59 Å². The van der Waals surface area contributed by atoms with Gasteiger partial charge in [-0.2, -0.15) is 0 Å². The lowest BCUT2D eigenvalue weighted by molar-refractivity contribution is -0.137. The topological polar surface area (TPSA) is 88.8 Å². The van der Waals surface area contributed by atoms with Gasteiger partial charge in [-0.1, -0.05) is 32.0 Å². The Balaban J connectivity index is 1.20. The molecule has 2 aliphatic rings. The van der Waals surface area contributed by atoms with Crippen LogP contribution in [0.15, 0.2) is 30.5 Å². The van der Waals surface area contributed by atoms with Crippen molar-refractivity contribution in [2.45, 2.75) is 52.0 Å². The molecule has 1 aromatic carbocycles. The normalized spacial score (nSPS) is 17.4. The number of H-pyrrole nitrogens is 1. The fourth-order valence-corrected chi connectivity index (χ4v) is 5.12. The first kappa shape index (κ1) is 24.1. The van der Waals surface area contributed by atoms with Crippen molar-refractivity contribution in [3.05, 3.63) is 36.0 Å². The van der Waals surface area contributed by atoms with E-state index in [0.717, 1.165) is 42.1 Å². The number of fused-ring (bicyclic) bond motifs is 1. The Bertz CT molecular complexity index is 999. The predicted octanol–water partition coefficient (Wildman–Crippen LogP) is 2.99. The Kier molecular flexibility index (Phi) is 7.75. The molecule has 0 saturated carbocycles. The van der Waals surface area contributed by atoms with Gasteiger partial charge in [0.2, 0.25) is 11.8 Å². The number of amides is 4. The van der Waals surface area contributed by atoms with E-state index in [4.69, 9.17) is 0 Å². The number of piperidine rings is 1. The second kappa shape index (κ2) is 10.9. The maximum atomic E-state index is 12.8. The Morgan fingerprint density at radius 2 is 1.59 bits per heavy atom. The number of hydrogen-bond donors (Lipinski definition) is 2. The van der Waals surface area contributed by atoms with Crippen LogP contribution < -0.4 is 5.32 Å². The molecule has 0 atom stereocenters. The zero-order valence-electron chi connectivity index (χ0n) is 20.4. The summed E-state index contributed by atoms with van der Waals surface area (Å²) in [6.07, 6.45) is 5.62. The number of para-hydroxylation sites is 1. The van der Waals surface area contributed by atoms with Crippen LogP contribution in [0.4, 0.5) is 4.79 Å². The highest BCUT2D eigenvalue weighted by Crippen LogP contribution is 2.20. The summed E-state index contributed by atoms with van der Waals surface area (Å²) < 4.78 is 0. The zero-order chi connectivity index (χ0) is 24.1. The molecule has 34 heavy (non-hydrogen) atoms. The molecule has 8 nitrogen and oxygen atoms in total. The summed E-state index contributed by atoms with van der Waals surface area (Å²) in [5.41, 5.74) is 2.05. The zero-order valence-corrected chi connectivity index (χ0v) is 20.4. The van der Waals surface area contributed by atoms with E-state index in [1.165, 1.54) is 0 Å². The van der Waals surface area contributed by atoms with Crippen molar-refractivity contribution in [2.24, 2.45) is 5.92 Å². The third kappa shape index (κ3) is 5.37. The van der Waals surface area contributed by atoms with Gasteiger partial charge in [0.15, 0.2) is 0 Å². The number of carbonyl (C=O) groups excluding carboxylic acids is 3. The summed E-state index contributed by atoms with van der Waals surface area (Å²) in [4.78, 5) is 47.1. The minimum absolute atomic E-state index is 0.0616. The SMILES string of the molecule is CCC(CC)C(=O)N1CCC(NC(=O)N2CCN(C(=O)Cc3c[nH]c4ccccc34)CC2)CC1. The molecular weight excluding hydrogens is 430 g/mol. The van der Waals surface area contributed by atoms with E-state index in [2.05, 4.69) is 24.1 Å². The van der Waals surface area contributed by atoms with Gasteiger partial charge in [-0.05, 0) is 37.3 Å². The van der Waals surface area contributed by atoms with Gasteiger partial charge in [0, 0.05) is 68.3 Å². The molecule has 2 aliphatic heterocycles. The largest absolute Gasteiger partial charge is 0.361 e. The lowest BCUT2D eigenvalue weighted by atomic mass is 9.98. The van der Waals surface area contributed by atoms with E-state index < -0.39 is 0 Å². The smallest absolute Gasteiger partial charge is 0.317 e. The molecular formula is C26H37N5O3. The van der Waals surface area contributed by atoms with Crippen LogP contribution in [-0.2, 0) is 16.0 Å². The number of nitrogens with one attached hydrogen (secondary N) is 2. The highest BCUT2D eigenvalue weighted by molar-refractivity contribution is 5.89. The molecule has 8 heteroatoms. The second-order valence-corrected chi connectivity index (χ2v) is 9.47. The second-order valence-electron chi connectivity index (χ2n) is 9.47.